The van der Waals surface area contributed by atoms with Gasteiger partial charge in [0.15, 0.2) is 0 Å². The highest BCUT2D eigenvalue weighted by Gasteiger charge is 2.36. The fourth-order valence-corrected chi connectivity index (χ4v) is 2.24. The Bertz CT molecular complexity index is 507. The average Bonchev–Trinajstić information content (AvgIpc) is 3.23. The van der Waals surface area contributed by atoms with Gasteiger partial charge in [-0.15, -0.1) is 0 Å². The van der Waals surface area contributed by atoms with Crippen molar-refractivity contribution in [3.63, 3.8) is 0 Å². The number of nitrogens with one attached hydrogen (secondary N) is 2. The molecule has 3 N–H and O–H groups in total. The summed E-state index contributed by atoms with van der Waals surface area (Å²) < 4.78 is 0. The van der Waals surface area contributed by atoms with Crippen LogP contribution < -0.4 is 10.6 Å². The lowest BCUT2D eigenvalue weighted by molar-refractivity contribution is -0.140. The quantitative estimate of drug-likeness (QED) is 0.719. The van der Waals surface area contributed by atoms with E-state index < -0.39 is 12.0 Å². The molecule has 114 valence electrons. The van der Waals surface area contributed by atoms with Crippen molar-refractivity contribution in [1.29, 1.82) is 0 Å². The van der Waals surface area contributed by atoms with Crippen molar-refractivity contribution in [2.75, 3.05) is 11.9 Å². The standard InChI is InChI=1S/C16H22N2O3/c1-10(2)11-5-7-13(8-6-11)18-14(19)9-17-15(16(20)21)12-3-4-12/h5-8,10,12,15,17H,3-4,9H2,1-2H3,(H,18,19)(H,20,21). The number of rotatable bonds is 7. The Morgan fingerprint density at radius 3 is 2.33 bits per heavy atom. The molecule has 0 radical (unpaired) electrons. The summed E-state index contributed by atoms with van der Waals surface area (Å²) in [6.07, 6.45) is 1.84. The molecule has 1 aromatic carbocycles. The molecule has 2 rings (SSSR count). The van der Waals surface area contributed by atoms with E-state index in [4.69, 9.17) is 5.11 Å². The van der Waals surface area contributed by atoms with Crippen molar-refractivity contribution in [2.45, 2.75) is 38.6 Å². The lowest BCUT2D eigenvalue weighted by Crippen LogP contribution is -2.42. The Hall–Kier alpha value is -1.88. The van der Waals surface area contributed by atoms with Gasteiger partial charge in [-0.2, -0.15) is 0 Å². The van der Waals surface area contributed by atoms with E-state index in [-0.39, 0.29) is 18.4 Å². The maximum absolute atomic E-state index is 11.8. The molecule has 1 atom stereocenters. The zero-order chi connectivity index (χ0) is 15.4. The lowest BCUT2D eigenvalue weighted by Gasteiger charge is -2.13. The molecule has 1 aliphatic carbocycles. The minimum atomic E-state index is -0.883. The highest BCUT2D eigenvalue weighted by molar-refractivity contribution is 5.92. The van der Waals surface area contributed by atoms with Gasteiger partial charge in [0.2, 0.25) is 5.91 Å². The summed E-state index contributed by atoms with van der Waals surface area (Å²) in [5.74, 6) is -0.488. The summed E-state index contributed by atoms with van der Waals surface area (Å²) >= 11 is 0. The van der Waals surface area contributed by atoms with Gasteiger partial charge in [-0.3, -0.25) is 14.9 Å². The van der Waals surface area contributed by atoms with Crippen LogP contribution in [0.15, 0.2) is 24.3 Å². The number of amides is 1. The van der Waals surface area contributed by atoms with Crippen LogP contribution in [0.3, 0.4) is 0 Å². The molecule has 1 saturated carbocycles. The van der Waals surface area contributed by atoms with E-state index in [1.54, 1.807) is 0 Å². The molecule has 5 heteroatoms. The van der Waals surface area contributed by atoms with Crippen molar-refractivity contribution in [3.8, 4) is 0 Å². The van der Waals surface area contributed by atoms with Gasteiger partial charge in [-0.1, -0.05) is 26.0 Å². The summed E-state index contributed by atoms with van der Waals surface area (Å²) in [5, 5.41) is 14.7. The highest BCUT2D eigenvalue weighted by Crippen LogP contribution is 2.32. The Labute approximate surface area is 124 Å². The Morgan fingerprint density at radius 2 is 1.86 bits per heavy atom. The topological polar surface area (TPSA) is 78.4 Å². The molecule has 1 fully saturated rings. The van der Waals surface area contributed by atoms with E-state index in [0.29, 0.717) is 5.92 Å². The molecule has 0 bridgehead atoms. The van der Waals surface area contributed by atoms with Crippen LogP contribution in [0, 0.1) is 5.92 Å². The molecule has 21 heavy (non-hydrogen) atoms. The molecule has 5 nitrogen and oxygen atoms in total. The van der Waals surface area contributed by atoms with E-state index in [1.807, 2.05) is 24.3 Å². The van der Waals surface area contributed by atoms with Crippen molar-refractivity contribution < 1.29 is 14.7 Å². The van der Waals surface area contributed by atoms with E-state index in [1.165, 1.54) is 5.56 Å². The van der Waals surface area contributed by atoms with Crippen molar-refractivity contribution >= 4 is 17.6 Å². The first kappa shape index (κ1) is 15.5. The normalized spacial score (nSPS) is 15.8. The molecule has 1 amide bonds. The summed E-state index contributed by atoms with van der Waals surface area (Å²) in [6.45, 7) is 4.24. The second kappa shape index (κ2) is 6.72. The van der Waals surface area contributed by atoms with Gasteiger partial charge in [0.05, 0.1) is 6.54 Å². The molecule has 1 aromatic rings. The van der Waals surface area contributed by atoms with Gasteiger partial charge in [0.1, 0.15) is 6.04 Å². The maximum atomic E-state index is 11.8. The molecule has 0 saturated heterocycles. The fraction of sp³-hybridized carbons (Fsp3) is 0.500. The SMILES string of the molecule is CC(C)c1ccc(NC(=O)CNC(C(=O)O)C2CC2)cc1. The monoisotopic (exact) mass is 290 g/mol. The van der Waals surface area contributed by atoms with Gasteiger partial charge in [-0.05, 0) is 42.4 Å². The Kier molecular flexibility index (Phi) is 4.96. The number of benzene rings is 1. The van der Waals surface area contributed by atoms with Crippen molar-refractivity contribution in [3.05, 3.63) is 29.8 Å². The van der Waals surface area contributed by atoms with E-state index in [9.17, 15) is 9.59 Å². The third-order valence-corrected chi connectivity index (χ3v) is 3.70. The van der Waals surface area contributed by atoms with Crippen LogP contribution in [0.4, 0.5) is 5.69 Å². The summed E-state index contributed by atoms with van der Waals surface area (Å²) in [6, 6.07) is 7.08. The number of hydrogen-bond acceptors (Lipinski definition) is 3. The number of carboxylic acid groups (broad SMARTS) is 1. The predicted molar refractivity (Wildman–Crippen MR) is 81.3 cm³/mol. The third-order valence-electron chi connectivity index (χ3n) is 3.70. The lowest BCUT2D eigenvalue weighted by atomic mass is 10.0. The molecule has 0 aromatic heterocycles. The fourth-order valence-electron chi connectivity index (χ4n) is 2.24. The molecule has 0 aliphatic heterocycles. The van der Waals surface area contributed by atoms with Crippen molar-refractivity contribution in [1.82, 2.24) is 5.32 Å². The van der Waals surface area contributed by atoms with Gasteiger partial charge in [0, 0.05) is 5.69 Å². The first-order valence-corrected chi connectivity index (χ1v) is 7.33. The smallest absolute Gasteiger partial charge is 0.320 e. The van der Waals surface area contributed by atoms with Crippen LogP contribution in [0.25, 0.3) is 0 Å². The second-order valence-electron chi connectivity index (χ2n) is 5.86. The van der Waals surface area contributed by atoms with Gasteiger partial charge < -0.3 is 10.4 Å². The molecule has 1 aliphatic rings. The van der Waals surface area contributed by atoms with Gasteiger partial charge >= 0.3 is 5.97 Å². The third kappa shape index (κ3) is 4.56. The van der Waals surface area contributed by atoms with Crippen LogP contribution >= 0.6 is 0 Å². The minimum absolute atomic E-state index is 0.0133. The van der Waals surface area contributed by atoms with Crippen LogP contribution in [-0.4, -0.2) is 29.6 Å². The molecule has 0 spiro atoms. The van der Waals surface area contributed by atoms with Crippen LogP contribution in [0.2, 0.25) is 0 Å². The summed E-state index contributed by atoms with van der Waals surface area (Å²) in [4.78, 5) is 22.9. The summed E-state index contributed by atoms with van der Waals surface area (Å²) in [5.41, 5.74) is 1.94. The first-order chi connectivity index (χ1) is 9.97. The largest absolute Gasteiger partial charge is 0.480 e. The van der Waals surface area contributed by atoms with Crippen LogP contribution in [0.5, 0.6) is 0 Å². The first-order valence-electron chi connectivity index (χ1n) is 7.33. The van der Waals surface area contributed by atoms with Crippen molar-refractivity contribution in [2.24, 2.45) is 5.92 Å². The van der Waals surface area contributed by atoms with E-state index >= 15 is 0 Å². The minimum Gasteiger partial charge on any atom is -0.480 e. The molecular formula is C16H22N2O3. The average molecular weight is 290 g/mol. The summed E-state index contributed by atoms with van der Waals surface area (Å²) in [7, 11) is 0. The number of carbonyl (C=O) groups is 2. The highest BCUT2D eigenvalue weighted by atomic mass is 16.4. The zero-order valence-corrected chi connectivity index (χ0v) is 12.4. The Morgan fingerprint density at radius 1 is 1.24 bits per heavy atom. The Balaban J connectivity index is 1.82. The molecule has 0 heterocycles. The predicted octanol–water partition coefficient (Wildman–Crippen LogP) is 2.20. The van der Waals surface area contributed by atoms with Crippen LogP contribution in [0.1, 0.15) is 38.2 Å². The van der Waals surface area contributed by atoms with Crippen LogP contribution in [-0.2, 0) is 9.59 Å². The van der Waals surface area contributed by atoms with E-state index in [2.05, 4.69) is 24.5 Å². The second-order valence-corrected chi connectivity index (χ2v) is 5.86. The molecular weight excluding hydrogens is 268 g/mol. The van der Waals surface area contributed by atoms with Gasteiger partial charge in [0.25, 0.3) is 0 Å². The van der Waals surface area contributed by atoms with Gasteiger partial charge in [-0.25, -0.2) is 0 Å². The number of carboxylic acids is 1. The zero-order valence-electron chi connectivity index (χ0n) is 12.4. The number of carbonyl (C=O) groups excluding carboxylic acids is 1. The number of hydrogen-bond donors (Lipinski definition) is 3. The number of aliphatic carboxylic acids is 1. The maximum Gasteiger partial charge on any atom is 0.320 e. The van der Waals surface area contributed by atoms with E-state index in [0.717, 1.165) is 18.5 Å². The molecule has 1 unspecified atom stereocenters. The number of anilines is 1.